The number of hydrogen-bond acceptors (Lipinski definition) is 1. The lowest BCUT2D eigenvalue weighted by Crippen LogP contribution is -2.10. The predicted octanol–water partition coefficient (Wildman–Crippen LogP) is 3.14. The van der Waals surface area contributed by atoms with Crippen molar-refractivity contribution in [1.82, 2.24) is 5.32 Å². The standard InChI is InChI=1S/C12H23N/c1-5-11(2)7-6-8-12(3)9-10-13-4/h6-8,12-13H,5,9-10H2,1-4H3/b8-6-,11-7+. The molecule has 76 valence electrons. The maximum absolute atomic E-state index is 3.16. The van der Waals surface area contributed by atoms with Gasteiger partial charge in [0.1, 0.15) is 0 Å². The summed E-state index contributed by atoms with van der Waals surface area (Å²) >= 11 is 0. The van der Waals surface area contributed by atoms with Gasteiger partial charge in [0, 0.05) is 0 Å². The average Bonchev–Trinajstić information content (AvgIpc) is 2.14. The summed E-state index contributed by atoms with van der Waals surface area (Å²) < 4.78 is 0. The third-order valence-corrected chi connectivity index (χ3v) is 2.23. The molecule has 13 heavy (non-hydrogen) atoms. The molecule has 0 aliphatic rings. The van der Waals surface area contributed by atoms with Crippen LogP contribution in [0.3, 0.4) is 0 Å². The zero-order valence-corrected chi connectivity index (χ0v) is 9.43. The molecule has 0 aromatic rings. The van der Waals surface area contributed by atoms with Crippen LogP contribution < -0.4 is 5.32 Å². The number of rotatable bonds is 6. The molecule has 0 aromatic carbocycles. The third kappa shape index (κ3) is 7.79. The molecule has 1 N–H and O–H groups in total. The summed E-state index contributed by atoms with van der Waals surface area (Å²) in [5.41, 5.74) is 1.44. The Morgan fingerprint density at radius 3 is 2.69 bits per heavy atom. The van der Waals surface area contributed by atoms with Crippen molar-refractivity contribution >= 4 is 0 Å². The molecule has 0 bridgehead atoms. The zero-order valence-electron chi connectivity index (χ0n) is 9.43. The van der Waals surface area contributed by atoms with E-state index in [-0.39, 0.29) is 0 Å². The van der Waals surface area contributed by atoms with E-state index in [2.05, 4.69) is 44.3 Å². The highest BCUT2D eigenvalue weighted by atomic mass is 14.8. The van der Waals surface area contributed by atoms with Gasteiger partial charge >= 0.3 is 0 Å². The van der Waals surface area contributed by atoms with Crippen LogP contribution in [0.25, 0.3) is 0 Å². The van der Waals surface area contributed by atoms with Gasteiger partial charge in [-0.25, -0.2) is 0 Å². The molecule has 0 saturated carbocycles. The molecular weight excluding hydrogens is 158 g/mol. The maximum Gasteiger partial charge on any atom is -0.00464 e. The van der Waals surface area contributed by atoms with E-state index in [1.807, 2.05) is 7.05 Å². The van der Waals surface area contributed by atoms with Gasteiger partial charge in [0.25, 0.3) is 0 Å². The van der Waals surface area contributed by atoms with Crippen molar-refractivity contribution in [1.29, 1.82) is 0 Å². The number of allylic oxidation sites excluding steroid dienone is 4. The Morgan fingerprint density at radius 2 is 2.15 bits per heavy atom. The van der Waals surface area contributed by atoms with Crippen LogP contribution in [-0.2, 0) is 0 Å². The molecule has 1 unspecified atom stereocenters. The van der Waals surface area contributed by atoms with Gasteiger partial charge in [0.2, 0.25) is 0 Å². The Bertz CT molecular complexity index is 168. The molecule has 0 amide bonds. The fraction of sp³-hybridized carbons (Fsp3) is 0.667. The van der Waals surface area contributed by atoms with Crippen LogP contribution in [0.1, 0.15) is 33.6 Å². The highest BCUT2D eigenvalue weighted by Crippen LogP contribution is 2.04. The molecule has 0 rings (SSSR count). The van der Waals surface area contributed by atoms with E-state index in [0.29, 0.717) is 5.92 Å². The lowest BCUT2D eigenvalue weighted by Gasteiger charge is -2.03. The first-order valence-electron chi connectivity index (χ1n) is 5.19. The molecule has 0 heterocycles. The highest BCUT2D eigenvalue weighted by molar-refractivity contribution is 5.10. The van der Waals surface area contributed by atoms with Crippen LogP contribution in [0, 0.1) is 5.92 Å². The first-order valence-corrected chi connectivity index (χ1v) is 5.19. The van der Waals surface area contributed by atoms with Crippen molar-refractivity contribution < 1.29 is 0 Å². The van der Waals surface area contributed by atoms with Crippen molar-refractivity contribution in [2.75, 3.05) is 13.6 Å². The first kappa shape index (κ1) is 12.4. The van der Waals surface area contributed by atoms with E-state index in [1.165, 1.54) is 12.0 Å². The Morgan fingerprint density at radius 1 is 1.46 bits per heavy atom. The smallest absolute Gasteiger partial charge is 0.00464 e. The molecular formula is C12H23N. The summed E-state index contributed by atoms with van der Waals surface area (Å²) in [4.78, 5) is 0. The monoisotopic (exact) mass is 181 g/mol. The summed E-state index contributed by atoms with van der Waals surface area (Å²) in [5.74, 6) is 0.674. The van der Waals surface area contributed by atoms with Crippen molar-refractivity contribution in [2.45, 2.75) is 33.6 Å². The van der Waals surface area contributed by atoms with Crippen molar-refractivity contribution in [3.63, 3.8) is 0 Å². The van der Waals surface area contributed by atoms with E-state index in [9.17, 15) is 0 Å². The summed E-state index contributed by atoms with van der Waals surface area (Å²) in [6.07, 6.45) is 9.02. The average molecular weight is 181 g/mol. The molecule has 0 saturated heterocycles. The van der Waals surface area contributed by atoms with Gasteiger partial charge in [0.05, 0.1) is 0 Å². The van der Waals surface area contributed by atoms with Gasteiger partial charge in [-0.3, -0.25) is 0 Å². The van der Waals surface area contributed by atoms with E-state index >= 15 is 0 Å². The van der Waals surface area contributed by atoms with Crippen LogP contribution in [0.2, 0.25) is 0 Å². The van der Waals surface area contributed by atoms with Gasteiger partial charge in [0.15, 0.2) is 0 Å². The normalized spacial score (nSPS) is 15.2. The molecule has 0 spiro atoms. The van der Waals surface area contributed by atoms with Gasteiger partial charge in [-0.1, -0.05) is 37.6 Å². The summed E-state index contributed by atoms with van der Waals surface area (Å²) in [5, 5.41) is 3.16. The van der Waals surface area contributed by atoms with Crippen molar-refractivity contribution in [3.05, 3.63) is 23.8 Å². The largest absolute Gasteiger partial charge is 0.320 e. The lowest BCUT2D eigenvalue weighted by atomic mass is 10.1. The van der Waals surface area contributed by atoms with E-state index in [0.717, 1.165) is 13.0 Å². The zero-order chi connectivity index (χ0) is 10.1. The second kappa shape index (κ2) is 8.06. The first-order chi connectivity index (χ1) is 6.20. The topological polar surface area (TPSA) is 12.0 Å². The maximum atomic E-state index is 3.16. The van der Waals surface area contributed by atoms with Crippen LogP contribution in [0.15, 0.2) is 23.8 Å². The van der Waals surface area contributed by atoms with E-state index in [1.54, 1.807) is 0 Å². The van der Waals surface area contributed by atoms with Gasteiger partial charge in [-0.2, -0.15) is 0 Å². The Hall–Kier alpha value is -0.560. The van der Waals surface area contributed by atoms with Crippen molar-refractivity contribution in [2.24, 2.45) is 5.92 Å². The summed E-state index contributed by atoms with van der Waals surface area (Å²) in [6, 6.07) is 0. The second-order valence-corrected chi connectivity index (χ2v) is 3.62. The molecule has 0 radical (unpaired) electrons. The number of nitrogens with one attached hydrogen (secondary N) is 1. The highest BCUT2D eigenvalue weighted by Gasteiger charge is 1.93. The SMILES string of the molecule is CC/C(C)=C/C=C\C(C)CCNC. The van der Waals surface area contributed by atoms with Gasteiger partial charge in [-0.05, 0) is 39.3 Å². The predicted molar refractivity (Wildman–Crippen MR) is 60.9 cm³/mol. The van der Waals surface area contributed by atoms with Crippen LogP contribution in [0.5, 0.6) is 0 Å². The molecule has 1 atom stereocenters. The Kier molecular flexibility index (Phi) is 7.71. The number of hydrogen-bond donors (Lipinski definition) is 1. The molecule has 0 aliphatic carbocycles. The molecule has 1 nitrogen and oxygen atoms in total. The molecule has 0 fully saturated rings. The minimum Gasteiger partial charge on any atom is -0.320 e. The second-order valence-electron chi connectivity index (χ2n) is 3.62. The van der Waals surface area contributed by atoms with E-state index < -0.39 is 0 Å². The van der Waals surface area contributed by atoms with E-state index in [4.69, 9.17) is 0 Å². The lowest BCUT2D eigenvalue weighted by molar-refractivity contribution is 0.611. The quantitative estimate of drug-likeness (QED) is 0.621. The molecule has 0 aliphatic heterocycles. The third-order valence-electron chi connectivity index (χ3n) is 2.23. The van der Waals surface area contributed by atoms with Crippen molar-refractivity contribution in [3.8, 4) is 0 Å². The summed E-state index contributed by atoms with van der Waals surface area (Å²) in [7, 11) is 2.00. The Balaban J connectivity index is 3.70. The van der Waals surface area contributed by atoms with Crippen LogP contribution in [0.4, 0.5) is 0 Å². The minimum absolute atomic E-state index is 0.674. The fourth-order valence-electron chi connectivity index (χ4n) is 0.996. The van der Waals surface area contributed by atoms with Gasteiger partial charge < -0.3 is 5.32 Å². The summed E-state index contributed by atoms with van der Waals surface area (Å²) in [6.45, 7) is 7.71. The Labute approximate surface area is 82.9 Å². The molecule has 1 heteroatoms. The van der Waals surface area contributed by atoms with Gasteiger partial charge in [-0.15, -0.1) is 0 Å². The minimum atomic E-state index is 0.674. The van der Waals surface area contributed by atoms with Crippen LogP contribution in [-0.4, -0.2) is 13.6 Å². The fourth-order valence-corrected chi connectivity index (χ4v) is 0.996. The van der Waals surface area contributed by atoms with Crippen LogP contribution >= 0.6 is 0 Å². The molecule has 0 aromatic heterocycles.